The van der Waals surface area contributed by atoms with E-state index in [1.165, 1.54) is 0 Å². The lowest BCUT2D eigenvalue weighted by molar-refractivity contribution is 0.0983. The number of rotatable bonds is 4. The Morgan fingerprint density at radius 2 is 1.76 bits per heavy atom. The van der Waals surface area contributed by atoms with Gasteiger partial charge in [0.05, 0.1) is 17.6 Å². The van der Waals surface area contributed by atoms with Crippen LogP contribution in [0, 0.1) is 5.92 Å². The highest BCUT2D eigenvalue weighted by atomic mass is 32.2. The summed E-state index contributed by atoms with van der Waals surface area (Å²) in [4.78, 5) is 0. The van der Waals surface area contributed by atoms with Gasteiger partial charge in [0.15, 0.2) is 9.84 Å². The summed E-state index contributed by atoms with van der Waals surface area (Å²) in [5.41, 5.74) is 5.98. The molecule has 0 aromatic rings. The summed E-state index contributed by atoms with van der Waals surface area (Å²) in [5.74, 6) is 0.288. The van der Waals surface area contributed by atoms with Gasteiger partial charge in [0, 0.05) is 31.8 Å². The largest absolute Gasteiger partial charge is 0.381 e. The van der Waals surface area contributed by atoms with Crippen LogP contribution in [0.2, 0.25) is 0 Å². The van der Waals surface area contributed by atoms with Crippen LogP contribution in [0.25, 0.3) is 0 Å². The van der Waals surface area contributed by atoms with Crippen LogP contribution in [0.5, 0.6) is 0 Å². The molecule has 0 radical (unpaired) electrons. The number of sulfone groups is 1. The van der Waals surface area contributed by atoms with Crippen molar-refractivity contribution in [1.82, 2.24) is 0 Å². The Morgan fingerprint density at radius 3 is 2.35 bits per heavy atom. The third-order valence-corrected chi connectivity index (χ3v) is 6.01. The third-order valence-electron chi connectivity index (χ3n) is 3.67. The maximum atomic E-state index is 12.2. The molecule has 0 aliphatic carbocycles. The fourth-order valence-electron chi connectivity index (χ4n) is 2.47. The smallest absolute Gasteiger partial charge is 0.154 e. The molecular weight excluding hydrogens is 242 g/mol. The minimum atomic E-state index is -3.08. The number of nitrogens with two attached hydrogens (primary N) is 1. The second kappa shape index (κ2) is 5.65. The minimum absolute atomic E-state index is 0.0890. The molecule has 2 aliphatic rings. The third kappa shape index (κ3) is 3.40. The molecule has 2 saturated heterocycles. The fraction of sp³-hybridized carbons (Fsp3) is 1.00. The molecule has 2 rings (SSSR count). The van der Waals surface area contributed by atoms with Crippen LogP contribution in [0.4, 0.5) is 0 Å². The molecule has 6 heteroatoms. The van der Waals surface area contributed by atoms with E-state index in [4.69, 9.17) is 15.2 Å². The molecule has 2 unspecified atom stereocenters. The molecular formula is C11H21NO4S. The van der Waals surface area contributed by atoms with Crippen molar-refractivity contribution in [2.75, 3.05) is 32.2 Å². The van der Waals surface area contributed by atoms with E-state index in [0.29, 0.717) is 39.3 Å². The van der Waals surface area contributed by atoms with Crippen molar-refractivity contribution in [3.05, 3.63) is 0 Å². The number of hydrogen-bond donors (Lipinski definition) is 1. The van der Waals surface area contributed by atoms with Gasteiger partial charge in [0.25, 0.3) is 0 Å². The van der Waals surface area contributed by atoms with Crippen LogP contribution in [-0.2, 0) is 19.3 Å². The molecule has 2 N–H and O–H groups in total. The van der Waals surface area contributed by atoms with E-state index in [1.807, 2.05) is 0 Å². The highest BCUT2D eigenvalue weighted by Gasteiger charge is 2.32. The van der Waals surface area contributed by atoms with E-state index >= 15 is 0 Å². The molecule has 0 saturated carbocycles. The second-order valence-corrected chi connectivity index (χ2v) is 7.25. The van der Waals surface area contributed by atoms with Crippen LogP contribution in [0.3, 0.4) is 0 Å². The van der Waals surface area contributed by atoms with E-state index in [-0.39, 0.29) is 23.0 Å². The zero-order chi connectivity index (χ0) is 12.3. The van der Waals surface area contributed by atoms with E-state index in [2.05, 4.69) is 0 Å². The first kappa shape index (κ1) is 13.3. The molecule has 0 aromatic heterocycles. The van der Waals surface area contributed by atoms with Crippen LogP contribution < -0.4 is 5.73 Å². The lowest BCUT2D eigenvalue weighted by Crippen LogP contribution is -2.41. The Morgan fingerprint density at radius 1 is 1.12 bits per heavy atom. The van der Waals surface area contributed by atoms with Crippen molar-refractivity contribution in [2.24, 2.45) is 11.7 Å². The molecule has 0 spiro atoms. The van der Waals surface area contributed by atoms with Crippen molar-refractivity contribution < 1.29 is 17.9 Å². The number of hydrogen-bond acceptors (Lipinski definition) is 5. The Labute approximate surface area is 103 Å². The van der Waals surface area contributed by atoms with Crippen molar-refractivity contribution in [2.45, 2.75) is 30.6 Å². The van der Waals surface area contributed by atoms with Gasteiger partial charge in [-0.1, -0.05) is 0 Å². The normalized spacial score (nSPS) is 29.4. The lowest BCUT2D eigenvalue weighted by Gasteiger charge is -2.25. The van der Waals surface area contributed by atoms with Crippen LogP contribution in [0.15, 0.2) is 0 Å². The van der Waals surface area contributed by atoms with Gasteiger partial charge in [-0.15, -0.1) is 0 Å². The average Bonchev–Trinajstić information content (AvgIpc) is 2.83. The van der Waals surface area contributed by atoms with E-state index in [0.717, 1.165) is 6.42 Å². The van der Waals surface area contributed by atoms with Gasteiger partial charge >= 0.3 is 0 Å². The van der Waals surface area contributed by atoms with E-state index in [1.54, 1.807) is 0 Å². The highest BCUT2D eigenvalue weighted by Crippen LogP contribution is 2.21. The zero-order valence-corrected chi connectivity index (χ0v) is 10.8. The molecule has 5 nitrogen and oxygen atoms in total. The minimum Gasteiger partial charge on any atom is -0.381 e. The Hall–Kier alpha value is -0.170. The molecule has 2 fully saturated rings. The van der Waals surface area contributed by atoms with Crippen molar-refractivity contribution in [1.29, 1.82) is 0 Å². The summed E-state index contributed by atoms with van der Waals surface area (Å²) in [6.45, 7) is 2.40. The highest BCUT2D eigenvalue weighted by molar-refractivity contribution is 7.92. The molecule has 0 aromatic carbocycles. The summed E-state index contributed by atoms with van der Waals surface area (Å²) >= 11 is 0. The standard InChI is InChI=1S/C11H21NO4S/c12-11(9-1-4-16-7-9)8-17(13,14)10-2-5-15-6-3-10/h9-11H,1-8,12H2. The van der Waals surface area contributed by atoms with Gasteiger partial charge in [-0.2, -0.15) is 0 Å². The maximum Gasteiger partial charge on any atom is 0.154 e. The molecule has 0 amide bonds. The maximum absolute atomic E-state index is 12.2. The summed E-state index contributed by atoms with van der Waals surface area (Å²) in [7, 11) is -3.08. The SMILES string of the molecule is NC(CS(=O)(=O)C1CCOCC1)C1CCOC1. The van der Waals surface area contributed by atoms with Crippen molar-refractivity contribution >= 4 is 9.84 Å². The molecule has 0 bridgehead atoms. The van der Waals surface area contributed by atoms with Crippen molar-refractivity contribution in [3.63, 3.8) is 0 Å². The Bertz CT molecular complexity index is 331. The Balaban J connectivity index is 1.91. The molecule has 17 heavy (non-hydrogen) atoms. The Kier molecular flexibility index (Phi) is 4.41. The van der Waals surface area contributed by atoms with Crippen LogP contribution >= 0.6 is 0 Å². The van der Waals surface area contributed by atoms with Crippen LogP contribution in [0.1, 0.15) is 19.3 Å². The first-order valence-corrected chi connectivity index (χ1v) is 7.94. The lowest BCUT2D eigenvalue weighted by atomic mass is 10.0. The van der Waals surface area contributed by atoms with Gasteiger partial charge in [-0.3, -0.25) is 0 Å². The fourth-order valence-corrected chi connectivity index (χ4v) is 4.46. The summed E-state index contributed by atoms with van der Waals surface area (Å²) in [6, 6.07) is -0.287. The first-order valence-electron chi connectivity index (χ1n) is 6.22. The monoisotopic (exact) mass is 263 g/mol. The predicted molar refractivity (Wildman–Crippen MR) is 64.5 cm³/mol. The van der Waals surface area contributed by atoms with E-state index in [9.17, 15) is 8.42 Å². The summed E-state index contributed by atoms with van der Waals surface area (Å²) in [5, 5.41) is -0.260. The molecule has 2 heterocycles. The van der Waals surface area contributed by atoms with Gasteiger partial charge in [0.2, 0.25) is 0 Å². The summed E-state index contributed by atoms with van der Waals surface area (Å²) < 4.78 is 34.8. The molecule has 2 atom stereocenters. The predicted octanol–water partition coefficient (Wildman–Crippen LogP) is -0.0560. The van der Waals surface area contributed by atoms with Crippen LogP contribution in [-0.4, -0.2) is 51.9 Å². The average molecular weight is 263 g/mol. The topological polar surface area (TPSA) is 78.6 Å². The van der Waals surface area contributed by atoms with Gasteiger partial charge in [0.1, 0.15) is 0 Å². The van der Waals surface area contributed by atoms with Gasteiger partial charge in [-0.25, -0.2) is 8.42 Å². The second-order valence-electron chi connectivity index (χ2n) is 4.93. The van der Waals surface area contributed by atoms with Gasteiger partial charge in [-0.05, 0) is 19.3 Å². The van der Waals surface area contributed by atoms with E-state index < -0.39 is 9.84 Å². The molecule has 100 valence electrons. The number of ether oxygens (including phenoxy) is 2. The first-order chi connectivity index (χ1) is 8.09. The van der Waals surface area contributed by atoms with Gasteiger partial charge < -0.3 is 15.2 Å². The zero-order valence-electron chi connectivity index (χ0n) is 10.0. The quantitative estimate of drug-likeness (QED) is 0.769. The molecule has 2 aliphatic heterocycles. The summed E-state index contributed by atoms with van der Waals surface area (Å²) in [6.07, 6.45) is 2.09. The van der Waals surface area contributed by atoms with Crippen molar-refractivity contribution in [3.8, 4) is 0 Å².